The van der Waals surface area contributed by atoms with Gasteiger partial charge in [0, 0.05) is 22.1 Å². The number of hydrogen-bond acceptors (Lipinski definition) is 5. The fourth-order valence-corrected chi connectivity index (χ4v) is 2.79. The summed E-state index contributed by atoms with van der Waals surface area (Å²) in [5, 5.41) is 13.9. The van der Waals surface area contributed by atoms with Gasteiger partial charge >= 0.3 is 0 Å². The quantitative estimate of drug-likeness (QED) is 0.554. The molecule has 132 valence electrons. The highest BCUT2D eigenvalue weighted by molar-refractivity contribution is 9.10. The Hall–Kier alpha value is -2.32. The number of carbonyl (C=O) groups excluding carboxylic acids is 1. The van der Waals surface area contributed by atoms with Gasteiger partial charge in [0.05, 0.1) is 19.1 Å². The van der Waals surface area contributed by atoms with Gasteiger partial charge < -0.3 is 14.8 Å². The number of rotatable bonds is 6. The molecule has 0 heterocycles. The maximum absolute atomic E-state index is 12.3. The first-order valence-corrected chi connectivity index (χ1v) is 8.17. The Labute approximate surface area is 157 Å². The Morgan fingerprint density at radius 3 is 2.48 bits per heavy atom. The first-order valence-electron chi connectivity index (χ1n) is 7.00. The van der Waals surface area contributed by atoms with Crippen LogP contribution in [0.4, 0.5) is 5.69 Å². The molecule has 0 aliphatic heterocycles. The average Bonchev–Trinajstić information content (AvgIpc) is 2.59. The normalized spacial score (nSPS) is 10.2. The van der Waals surface area contributed by atoms with E-state index in [0.29, 0.717) is 16.0 Å². The molecule has 2 rings (SSSR count). The second-order valence-corrected chi connectivity index (χ2v) is 6.19. The molecule has 0 spiro atoms. The number of nitro benzene ring substituents is 1. The molecule has 1 N–H and O–H groups in total. The van der Waals surface area contributed by atoms with Crippen molar-refractivity contribution >= 4 is 39.1 Å². The Balaban J connectivity index is 2.24. The van der Waals surface area contributed by atoms with Crippen molar-refractivity contribution < 1.29 is 19.2 Å². The van der Waals surface area contributed by atoms with Crippen molar-refractivity contribution in [3.8, 4) is 11.5 Å². The third-order valence-corrected chi connectivity index (χ3v) is 4.37. The second kappa shape index (κ2) is 8.17. The maximum Gasteiger partial charge on any atom is 0.282 e. The van der Waals surface area contributed by atoms with E-state index in [9.17, 15) is 14.9 Å². The van der Waals surface area contributed by atoms with Crippen LogP contribution in [0.15, 0.2) is 34.8 Å². The van der Waals surface area contributed by atoms with Crippen LogP contribution in [0.3, 0.4) is 0 Å². The number of nitrogens with one attached hydrogen (secondary N) is 1. The van der Waals surface area contributed by atoms with Crippen molar-refractivity contribution in [1.29, 1.82) is 0 Å². The maximum atomic E-state index is 12.3. The van der Waals surface area contributed by atoms with E-state index in [4.69, 9.17) is 21.1 Å². The highest BCUT2D eigenvalue weighted by atomic mass is 79.9. The minimum absolute atomic E-state index is 0.103. The zero-order valence-corrected chi connectivity index (χ0v) is 15.7. The van der Waals surface area contributed by atoms with Gasteiger partial charge in [-0.2, -0.15) is 0 Å². The van der Waals surface area contributed by atoms with Crippen molar-refractivity contribution in [3.63, 3.8) is 0 Å². The van der Waals surface area contributed by atoms with Crippen LogP contribution in [0.25, 0.3) is 0 Å². The van der Waals surface area contributed by atoms with E-state index in [2.05, 4.69) is 21.2 Å². The smallest absolute Gasteiger partial charge is 0.282 e. The number of carbonyl (C=O) groups is 1. The lowest BCUT2D eigenvalue weighted by Gasteiger charge is -2.12. The number of nitro groups is 1. The van der Waals surface area contributed by atoms with Crippen molar-refractivity contribution in [2.24, 2.45) is 0 Å². The van der Waals surface area contributed by atoms with E-state index < -0.39 is 10.8 Å². The lowest BCUT2D eigenvalue weighted by atomic mass is 10.1. The van der Waals surface area contributed by atoms with Crippen molar-refractivity contribution in [1.82, 2.24) is 5.32 Å². The zero-order valence-electron chi connectivity index (χ0n) is 13.3. The van der Waals surface area contributed by atoms with Crippen LogP contribution in [0.5, 0.6) is 11.5 Å². The van der Waals surface area contributed by atoms with E-state index in [1.165, 1.54) is 32.4 Å². The first kappa shape index (κ1) is 19.0. The molecular formula is C16H14BrClN2O5. The van der Waals surface area contributed by atoms with Crippen LogP contribution in [0.1, 0.15) is 15.9 Å². The predicted molar refractivity (Wildman–Crippen MR) is 96.5 cm³/mol. The third-order valence-electron chi connectivity index (χ3n) is 3.39. The molecule has 2 aromatic rings. The Bertz CT molecular complexity index is 828. The van der Waals surface area contributed by atoms with Crippen LogP contribution < -0.4 is 14.8 Å². The van der Waals surface area contributed by atoms with Crippen LogP contribution in [0, 0.1) is 10.1 Å². The van der Waals surface area contributed by atoms with Gasteiger partial charge in [-0.05, 0) is 29.8 Å². The van der Waals surface area contributed by atoms with Gasteiger partial charge in [-0.15, -0.1) is 0 Å². The molecule has 0 aliphatic rings. The highest BCUT2D eigenvalue weighted by Gasteiger charge is 2.20. The molecule has 0 saturated heterocycles. The summed E-state index contributed by atoms with van der Waals surface area (Å²) in [5.74, 6) is 0.439. The van der Waals surface area contributed by atoms with E-state index in [1.807, 2.05) is 0 Å². The number of benzene rings is 2. The summed E-state index contributed by atoms with van der Waals surface area (Å²) in [7, 11) is 3.02. The van der Waals surface area contributed by atoms with Gasteiger partial charge in [-0.1, -0.05) is 27.5 Å². The zero-order chi connectivity index (χ0) is 18.6. The monoisotopic (exact) mass is 428 g/mol. The van der Waals surface area contributed by atoms with Crippen LogP contribution >= 0.6 is 27.5 Å². The minimum Gasteiger partial charge on any atom is -0.493 e. The van der Waals surface area contributed by atoms with Gasteiger partial charge in [0.2, 0.25) is 0 Å². The van der Waals surface area contributed by atoms with E-state index >= 15 is 0 Å². The molecule has 2 aromatic carbocycles. The fourth-order valence-electron chi connectivity index (χ4n) is 2.15. The van der Waals surface area contributed by atoms with Crippen molar-refractivity contribution in [3.05, 3.63) is 61.1 Å². The summed E-state index contributed by atoms with van der Waals surface area (Å²) in [6.45, 7) is 0.128. The molecule has 25 heavy (non-hydrogen) atoms. The van der Waals surface area contributed by atoms with Crippen LogP contribution in [-0.2, 0) is 6.54 Å². The largest absolute Gasteiger partial charge is 0.493 e. The molecule has 0 aliphatic carbocycles. The fraction of sp³-hybridized carbons (Fsp3) is 0.188. The molecular weight excluding hydrogens is 416 g/mol. The molecule has 0 fully saturated rings. The Kier molecular flexibility index (Phi) is 6.22. The number of halogens is 2. The number of nitrogens with zero attached hydrogens (tertiary/aromatic N) is 1. The molecule has 1 amide bonds. The first-order chi connectivity index (χ1) is 11.9. The van der Waals surface area contributed by atoms with Crippen LogP contribution in [0.2, 0.25) is 5.02 Å². The average molecular weight is 430 g/mol. The van der Waals surface area contributed by atoms with Gasteiger partial charge in [-0.25, -0.2) is 0 Å². The topological polar surface area (TPSA) is 90.7 Å². The molecule has 0 atom stereocenters. The van der Waals surface area contributed by atoms with Crippen LogP contribution in [-0.4, -0.2) is 25.1 Å². The molecule has 0 bridgehead atoms. The van der Waals surface area contributed by atoms with Gasteiger partial charge in [-0.3, -0.25) is 14.9 Å². The summed E-state index contributed by atoms with van der Waals surface area (Å²) in [6, 6.07) is 7.24. The summed E-state index contributed by atoms with van der Waals surface area (Å²) in [5.41, 5.74) is 0.304. The molecule has 9 heteroatoms. The lowest BCUT2D eigenvalue weighted by Crippen LogP contribution is -2.24. The third kappa shape index (κ3) is 4.40. The van der Waals surface area contributed by atoms with Gasteiger partial charge in [0.1, 0.15) is 5.56 Å². The molecule has 0 radical (unpaired) electrons. The van der Waals surface area contributed by atoms with E-state index in [0.717, 1.165) is 5.56 Å². The SMILES string of the molecule is COc1cc(Br)c(CNC(=O)c2cc(Cl)ccc2[N+](=O)[O-])cc1OC. The lowest BCUT2D eigenvalue weighted by molar-refractivity contribution is -0.385. The Morgan fingerprint density at radius 1 is 1.24 bits per heavy atom. The van der Waals surface area contributed by atoms with E-state index in [1.54, 1.807) is 12.1 Å². The summed E-state index contributed by atoms with van der Waals surface area (Å²) >= 11 is 9.23. The summed E-state index contributed by atoms with van der Waals surface area (Å²) in [6.07, 6.45) is 0. The number of ether oxygens (including phenoxy) is 2. The minimum atomic E-state index is -0.627. The second-order valence-electron chi connectivity index (χ2n) is 4.90. The van der Waals surface area contributed by atoms with Gasteiger partial charge in [0.15, 0.2) is 11.5 Å². The number of methoxy groups -OCH3 is 2. The van der Waals surface area contributed by atoms with Gasteiger partial charge in [0.25, 0.3) is 11.6 Å². The van der Waals surface area contributed by atoms with E-state index in [-0.39, 0.29) is 22.8 Å². The Morgan fingerprint density at radius 2 is 1.88 bits per heavy atom. The molecule has 0 aromatic heterocycles. The van der Waals surface area contributed by atoms with Crippen molar-refractivity contribution in [2.45, 2.75) is 6.54 Å². The number of hydrogen-bond donors (Lipinski definition) is 1. The standard InChI is InChI=1S/C16H14BrClN2O5/c1-24-14-5-9(12(17)7-15(14)25-2)8-19-16(21)11-6-10(18)3-4-13(11)20(22)23/h3-7H,8H2,1-2H3,(H,19,21). The molecule has 0 saturated carbocycles. The molecule has 0 unspecified atom stereocenters. The van der Waals surface area contributed by atoms with Crippen molar-refractivity contribution in [2.75, 3.05) is 14.2 Å². The molecule has 7 nitrogen and oxygen atoms in total. The summed E-state index contributed by atoms with van der Waals surface area (Å²) in [4.78, 5) is 22.8. The highest BCUT2D eigenvalue weighted by Crippen LogP contribution is 2.33. The number of amides is 1. The predicted octanol–water partition coefficient (Wildman–Crippen LogP) is 3.96. The summed E-state index contributed by atoms with van der Waals surface area (Å²) < 4.78 is 11.1.